The second kappa shape index (κ2) is 8.56. The molecule has 4 rings (SSSR count). The number of nitrogens with one attached hydrogen (secondary N) is 2. The van der Waals surface area contributed by atoms with Gasteiger partial charge in [-0.2, -0.15) is 0 Å². The van der Waals surface area contributed by atoms with Crippen molar-refractivity contribution in [1.29, 1.82) is 0 Å². The minimum Gasteiger partial charge on any atom is -0.449 e. The largest absolute Gasteiger partial charge is 0.449 e. The van der Waals surface area contributed by atoms with Gasteiger partial charge in [-0.1, -0.05) is 53.7 Å². The summed E-state index contributed by atoms with van der Waals surface area (Å²) >= 11 is 7.40. The standard InChI is InChI=1S/C21H15ClN4O3S/c1-30-21-23-11-14(22)17(26-21)19(27)25-16-13-9-5-6-10-15(13)29-18(16)20(28)24-12-7-3-2-4-8-12/h2-11H,1H3,(H,24,28)(H,25,27). The number of benzene rings is 2. The predicted molar refractivity (Wildman–Crippen MR) is 117 cm³/mol. The van der Waals surface area contributed by atoms with E-state index in [0.29, 0.717) is 21.8 Å². The summed E-state index contributed by atoms with van der Waals surface area (Å²) in [7, 11) is 0. The maximum atomic E-state index is 12.9. The van der Waals surface area contributed by atoms with Gasteiger partial charge in [0.15, 0.2) is 10.9 Å². The van der Waals surface area contributed by atoms with Gasteiger partial charge in [0.2, 0.25) is 5.76 Å². The molecule has 2 amide bonds. The molecule has 0 saturated carbocycles. The Labute approximate surface area is 180 Å². The molecule has 2 aromatic carbocycles. The van der Waals surface area contributed by atoms with E-state index in [0.717, 1.165) is 0 Å². The fourth-order valence-electron chi connectivity index (χ4n) is 2.82. The molecule has 2 N–H and O–H groups in total. The maximum Gasteiger partial charge on any atom is 0.293 e. The van der Waals surface area contributed by atoms with Crippen molar-refractivity contribution in [2.75, 3.05) is 16.9 Å². The topological polar surface area (TPSA) is 97.1 Å². The van der Waals surface area contributed by atoms with E-state index in [4.69, 9.17) is 16.0 Å². The lowest BCUT2D eigenvalue weighted by atomic mass is 10.2. The molecule has 30 heavy (non-hydrogen) atoms. The number of aromatic nitrogens is 2. The number of thioether (sulfide) groups is 1. The van der Waals surface area contributed by atoms with Crippen molar-refractivity contribution >= 4 is 57.5 Å². The molecule has 7 nitrogen and oxygen atoms in total. The Hall–Kier alpha value is -3.36. The zero-order chi connectivity index (χ0) is 21.1. The smallest absolute Gasteiger partial charge is 0.293 e. The van der Waals surface area contributed by atoms with Crippen molar-refractivity contribution in [1.82, 2.24) is 9.97 Å². The summed E-state index contributed by atoms with van der Waals surface area (Å²) < 4.78 is 5.75. The van der Waals surface area contributed by atoms with Gasteiger partial charge in [0.1, 0.15) is 11.3 Å². The molecule has 0 spiro atoms. The number of rotatable bonds is 5. The number of hydrogen-bond acceptors (Lipinski definition) is 6. The number of carbonyl (C=O) groups excluding carboxylic acids is 2. The summed E-state index contributed by atoms with van der Waals surface area (Å²) in [6, 6.07) is 16.0. The van der Waals surface area contributed by atoms with Gasteiger partial charge >= 0.3 is 0 Å². The highest BCUT2D eigenvalue weighted by molar-refractivity contribution is 7.98. The van der Waals surface area contributed by atoms with E-state index in [-0.39, 0.29) is 22.2 Å². The first-order valence-corrected chi connectivity index (χ1v) is 10.4. The van der Waals surface area contributed by atoms with Crippen molar-refractivity contribution in [2.24, 2.45) is 0 Å². The minimum atomic E-state index is -0.571. The van der Waals surface area contributed by atoms with Crippen molar-refractivity contribution in [3.05, 3.63) is 77.3 Å². The highest BCUT2D eigenvalue weighted by Gasteiger charge is 2.24. The molecular weight excluding hydrogens is 424 g/mol. The maximum absolute atomic E-state index is 12.9. The number of para-hydroxylation sites is 2. The Morgan fingerprint density at radius 2 is 1.73 bits per heavy atom. The Bertz CT molecular complexity index is 1240. The van der Waals surface area contributed by atoms with Gasteiger partial charge in [-0.15, -0.1) is 0 Å². The second-order valence-electron chi connectivity index (χ2n) is 6.13. The van der Waals surface area contributed by atoms with E-state index < -0.39 is 11.8 Å². The summed E-state index contributed by atoms with van der Waals surface area (Å²) in [4.78, 5) is 34.0. The number of anilines is 2. The third-order valence-corrected chi connectivity index (χ3v) is 5.03. The summed E-state index contributed by atoms with van der Waals surface area (Å²) in [5, 5.41) is 6.59. The fraction of sp³-hybridized carbons (Fsp3) is 0.0476. The molecule has 0 aliphatic heterocycles. The van der Waals surface area contributed by atoms with Crippen LogP contribution in [-0.2, 0) is 0 Å². The average Bonchev–Trinajstić information content (AvgIpc) is 3.13. The van der Waals surface area contributed by atoms with Crippen molar-refractivity contribution in [3.63, 3.8) is 0 Å². The molecule has 0 atom stereocenters. The highest BCUT2D eigenvalue weighted by atomic mass is 35.5. The average molecular weight is 439 g/mol. The van der Waals surface area contributed by atoms with E-state index in [1.807, 2.05) is 6.07 Å². The van der Waals surface area contributed by atoms with Gasteiger partial charge in [0, 0.05) is 11.1 Å². The number of nitrogens with zero attached hydrogens (tertiary/aromatic N) is 2. The van der Waals surface area contributed by atoms with Crippen LogP contribution in [0.25, 0.3) is 11.0 Å². The molecule has 0 radical (unpaired) electrons. The number of amides is 2. The zero-order valence-corrected chi connectivity index (χ0v) is 17.3. The van der Waals surface area contributed by atoms with Crippen molar-refractivity contribution < 1.29 is 14.0 Å². The third-order valence-electron chi connectivity index (χ3n) is 4.19. The zero-order valence-electron chi connectivity index (χ0n) is 15.7. The van der Waals surface area contributed by atoms with Crippen LogP contribution in [0.5, 0.6) is 0 Å². The molecule has 150 valence electrons. The fourth-order valence-corrected chi connectivity index (χ4v) is 3.34. The summed E-state index contributed by atoms with van der Waals surface area (Å²) in [5.41, 5.74) is 1.31. The first kappa shape index (κ1) is 19.9. The Balaban J connectivity index is 1.72. The molecule has 2 heterocycles. The third kappa shape index (κ3) is 4.00. The normalized spacial score (nSPS) is 10.7. The van der Waals surface area contributed by atoms with Crippen LogP contribution in [0.15, 0.2) is 70.4 Å². The molecule has 4 aromatic rings. The molecule has 9 heteroatoms. The van der Waals surface area contributed by atoms with Crippen molar-refractivity contribution in [2.45, 2.75) is 5.16 Å². The van der Waals surface area contributed by atoms with Crippen LogP contribution in [0.2, 0.25) is 5.02 Å². The first-order valence-electron chi connectivity index (χ1n) is 8.82. The van der Waals surface area contributed by atoms with Gasteiger partial charge in [-0.3, -0.25) is 9.59 Å². The lowest BCUT2D eigenvalue weighted by molar-refractivity contribution is 0.0999. The van der Waals surface area contributed by atoms with Crippen LogP contribution in [0.1, 0.15) is 21.0 Å². The number of furan rings is 1. The SMILES string of the molecule is CSc1ncc(Cl)c(C(=O)Nc2c(C(=O)Nc3ccccc3)oc3ccccc23)n1. The van der Waals surface area contributed by atoms with Gasteiger partial charge in [0.25, 0.3) is 11.8 Å². The van der Waals surface area contributed by atoms with Crippen LogP contribution in [0.4, 0.5) is 11.4 Å². The van der Waals surface area contributed by atoms with Gasteiger partial charge in [-0.25, -0.2) is 9.97 Å². The molecule has 0 aliphatic rings. The second-order valence-corrected chi connectivity index (χ2v) is 7.31. The quantitative estimate of drug-likeness (QED) is 0.332. The van der Waals surface area contributed by atoms with Crippen LogP contribution in [0, 0.1) is 0 Å². The highest BCUT2D eigenvalue weighted by Crippen LogP contribution is 2.32. The molecule has 0 bridgehead atoms. The minimum absolute atomic E-state index is 0.00992. The van der Waals surface area contributed by atoms with E-state index in [1.54, 1.807) is 54.8 Å². The predicted octanol–water partition coefficient (Wildman–Crippen LogP) is 5.10. The van der Waals surface area contributed by atoms with Crippen molar-refractivity contribution in [3.8, 4) is 0 Å². The van der Waals surface area contributed by atoms with E-state index in [2.05, 4.69) is 20.6 Å². The summed E-state index contributed by atoms with van der Waals surface area (Å²) in [5.74, 6) is -1.09. The number of fused-ring (bicyclic) bond motifs is 1. The number of carbonyl (C=O) groups is 2. The Morgan fingerprint density at radius 3 is 2.50 bits per heavy atom. The van der Waals surface area contributed by atoms with E-state index >= 15 is 0 Å². The van der Waals surface area contributed by atoms with Gasteiger partial charge < -0.3 is 15.1 Å². The van der Waals surface area contributed by atoms with E-state index in [9.17, 15) is 9.59 Å². The molecular formula is C21H15ClN4O3S. The monoisotopic (exact) mass is 438 g/mol. The van der Waals surface area contributed by atoms with Crippen LogP contribution >= 0.6 is 23.4 Å². The lowest BCUT2D eigenvalue weighted by Crippen LogP contribution is -2.18. The number of halogens is 1. The Morgan fingerprint density at radius 1 is 1.00 bits per heavy atom. The van der Waals surface area contributed by atoms with Crippen LogP contribution < -0.4 is 10.6 Å². The molecule has 0 unspecified atom stereocenters. The van der Waals surface area contributed by atoms with E-state index in [1.165, 1.54) is 18.0 Å². The molecule has 2 aromatic heterocycles. The Kier molecular flexibility index (Phi) is 5.69. The number of hydrogen-bond donors (Lipinski definition) is 2. The van der Waals surface area contributed by atoms with Gasteiger partial charge in [-0.05, 0) is 30.5 Å². The summed E-state index contributed by atoms with van der Waals surface area (Å²) in [6.45, 7) is 0. The van der Waals surface area contributed by atoms with Crippen LogP contribution in [0.3, 0.4) is 0 Å². The molecule has 0 aliphatic carbocycles. The summed E-state index contributed by atoms with van der Waals surface area (Å²) in [6.07, 6.45) is 3.16. The van der Waals surface area contributed by atoms with Crippen LogP contribution in [-0.4, -0.2) is 28.0 Å². The lowest BCUT2D eigenvalue weighted by Gasteiger charge is -2.08. The molecule has 0 saturated heterocycles. The first-order chi connectivity index (χ1) is 14.6. The van der Waals surface area contributed by atoms with Gasteiger partial charge in [0.05, 0.1) is 11.2 Å². The molecule has 0 fully saturated rings.